The number of fused-ring (bicyclic) bond motifs is 3. The van der Waals surface area contributed by atoms with Gasteiger partial charge >= 0.3 is 11.9 Å². The molecule has 0 radical (unpaired) electrons. The number of hydrogen-bond donors (Lipinski definition) is 2. The van der Waals surface area contributed by atoms with Gasteiger partial charge in [-0.25, -0.2) is 19.6 Å². The Morgan fingerprint density at radius 2 is 1.44 bits per heavy atom. The van der Waals surface area contributed by atoms with Crippen molar-refractivity contribution in [3.8, 4) is 11.1 Å². The fourth-order valence-corrected chi connectivity index (χ4v) is 3.18. The van der Waals surface area contributed by atoms with Gasteiger partial charge in [0.25, 0.3) is 0 Å². The van der Waals surface area contributed by atoms with Gasteiger partial charge in [-0.15, -0.1) is 0 Å². The smallest absolute Gasteiger partial charge is 0.355 e. The number of hydrogen-bond acceptors (Lipinski definition) is 4. The highest BCUT2D eigenvalue weighted by Crippen LogP contribution is 2.31. The van der Waals surface area contributed by atoms with Crippen molar-refractivity contribution in [1.29, 1.82) is 0 Å². The van der Waals surface area contributed by atoms with Crippen LogP contribution in [0.2, 0.25) is 0 Å². The predicted molar refractivity (Wildman–Crippen MR) is 101 cm³/mol. The van der Waals surface area contributed by atoms with Crippen molar-refractivity contribution in [1.82, 2.24) is 9.97 Å². The van der Waals surface area contributed by atoms with Crippen LogP contribution in [0.25, 0.3) is 32.9 Å². The van der Waals surface area contributed by atoms with Gasteiger partial charge in [-0.05, 0) is 30.2 Å². The molecule has 0 aliphatic rings. The summed E-state index contributed by atoms with van der Waals surface area (Å²) in [6.07, 6.45) is 0. The minimum Gasteiger partial charge on any atom is -0.477 e. The summed E-state index contributed by atoms with van der Waals surface area (Å²) in [5, 5.41) is 20.3. The third-order valence-electron chi connectivity index (χ3n) is 4.50. The highest BCUT2D eigenvalue weighted by atomic mass is 16.4. The van der Waals surface area contributed by atoms with E-state index in [4.69, 9.17) is 0 Å². The second-order valence-electron chi connectivity index (χ2n) is 6.22. The van der Waals surface area contributed by atoms with Crippen molar-refractivity contribution in [2.75, 3.05) is 0 Å². The summed E-state index contributed by atoms with van der Waals surface area (Å²) >= 11 is 0. The Bertz CT molecular complexity index is 1250. The van der Waals surface area contributed by atoms with E-state index in [1.165, 1.54) is 6.07 Å². The Kier molecular flexibility index (Phi) is 3.81. The lowest BCUT2D eigenvalue weighted by Gasteiger charge is -2.11. The molecule has 2 aromatic carbocycles. The predicted octanol–water partition coefficient (Wildman–Crippen LogP) is 4.15. The van der Waals surface area contributed by atoms with E-state index >= 15 is 0 Å². The molecule has 0 atom stereocenters. The van der Waals surface area contributed by atoms with Crippen molar-refractivity contribution >= 4 is 33.7 Å². The molecular formula is C21H14N2O4. The van der Waals surface area contributed by atoms with Crippen LogP contribution >= 0.6 is 0 Å². The number of nitrogens with zero attached hydrogens (tertiary/aromatic N) is 2. The third-order valence-corrected chi connectivity index (χ3v) is 4.50. The van der Waals surface area contributed by atoms with Crippen molar-refractivity contribution in [3.05, 3.63) is 71.5 Å². The molecule has 4 rings (SSSR count). The van der Waals surface area contributed by atoms with E-state index in [0.29, 0.717) is 27.4 Å². The lowest BCUT2D eigenvalue weighted by atomic mass is 9.97. The van der Waals surface area contributed by atoms with Crippen molar-refractivity contribution in [2.24, 2.45) is 0 Å². The number of carboxylic acid groups (broad SMARTS) is 2. The number of aromatic nitrogens is 2. The molecule has 0 saturated heterocycles. The van der Waals surface area contributed by atoms with Crippen LogP contribution in [-0.4, -0.2) is 32.1 Å². The van der Waals surface area contributed by atoms with Gasteiger partial charge in [-0.2, -0.15) is 0 Å². The molecule has 4 aromatic rings. The highest BCUT2D eigenvalue weighted by Gasteiger charge is 2.18. The number of benzene rings is 2. The standard InChI is InChI=1S/C21H14N2O4/c1-11-4-2-3-5-14(11)15-10-13-7-6-12-8-9-16(20(24)25)22-17(12)18(13)23-19(15)21(26)27/h2-10H,1H3,(H,24,25)(H,26,27). The van der Waals surface area contributed by atoms with E-state index in [9.17, 15) is 19.8 Å². The van der Waals surface area contributed by atoms with Crippen molar-refractivity contribution < 1.29 is 19.8 Å². The molecule has 0 aliphatic heterocycles. The second-order valence-corrected chi connectivity index (χ2v) is 6.22. The van der Waals surface area contributed by atoms with E-state index in [0.717, 1.165) is 11.1 Å². The Balaban J connectivity index is 2.10. The maximum Gasteiger partial charge on any atom is 0.355 e. The van der Waals surface area contributed by atoms with Crippen LogP contribution in [0.4, 0.5) is 0 Å². The zero-order valence-electron chi connectivity index (χ0n) is 14.3. The fraction of sp³-hybridized carbons (Fsp3) is 0.0476. The van der Waals surface area contributed by atoms with Crippen LogP contribution in [-0.2, 0) is 0 Å². The molecule has 2 aromatic heterocycles. The topological polar surface area (TPSA) is 100 Å². The molecule has 0 bridgehead atoms. The molecule has 6 heteroatoms. The number of rotatable bonds is 3. The van der Waals surface area contributed by atoms with Gasteiger partial charge in [-0.3, -0.25) is 0 Å². The molecule has 0 unspecified atom stereocenters. The van der Waals surface area contributed by atoms with Crippen LogP contribution in [0.5, 0.6) is 0 Å². The SMILES string of the molecule is Cc1ccccc1-c1cc2ccc3ccc(C(=O)O)nc3c2nc1C(=O)O. The Labute approximate surface area is 153 Å². The summed E-state index contributed by atoms with van der Waals surface area (Å²) < 4.78 is 0. The first-order chi connectivity index (χ1) is 13.0. The molecule has 0 aliphatic carbocycles. The summed E-state index contributed by atoms with van der Waals surface area (Å²) in [6, 6.07) is 16.0. The van der Waals surface area contributed by atoms with Gasteiger partial charge in [0.1, 0.15) is 5.69 Å². The van der Waals surface area contributed by atoms with Gasteiger partial charge < -0.3 is 10.2 Å². The number of aryl methyl sites for hydroxylation is 1. The van der Waals surface area contributed by atoms with Crippen LogP contribution in [0, 0.1) is 6.92 Å². The van der Waals surface area contributed by atoms with Crippen LogP contribution < -0.4 is 0 Å². The van der Waals surface area contributed by atoms with E-state index in [-0.39, 0.29) is 11.4 Å². The number of pyridine rings is 2. The quantitative estimate of drug-likeness (QED) is 0.534. The zero-order chi connectivity index (χ0) is 19.1. The molecule has 0 saturated carbocycles. The maximum absolute atomic E-state index is 11.9. The number of carboxylic acids is 2. The molecule has 6 nitrogen and oxygen atoms in total. The molecule has 0 fully saturated rings. The molecule has 2 N–H and O–H groups in total. The zero-order valence-corrected chi connectivity index (χ0v) is 14.3. The van der Waals surface area contributed by atoms with Gasteiger partial charge in [-0.1, -0.05) is 42.5 Å². The summed E-state index contributed by atoms with van der Waals surface area (Å²) in [7, 11) is 0. The molecular weight excluding hydrogens is 344 g/mol. The third kappa shape index (κ3) is 2.77. The number of carbonyl (C=O) groups is 2. The molecule has 2 heterocycles. The summed E-state index contributed by atoms with van der Waals surface area (Å²) in [4.78, 5) is 31.7. The van der Waals surface area contributed by atoms with Crippen molar-refractivity contribution in [2.45, 2.75) is 6.92 Å². The summed E-state index contributed by atoms with van der Waals surface area (Å²) in [6.45, 7) is 1.91. The molecule has 0 amide bonds. The van der Waals surface area contributed by atoms with Gasteiger partial charge in [0.2, 0.25) is 0 Å². The van der Waals surface area contributed by atoms with Crippen LogP contribution in [0.1, 0.15) is 26.5 Å². The minimum atomic E-state index is -1.15. The van der Waals surface area contributed by atoms with Gasteiger partial charge in [0.15, 0.2) is 5.69 Å². The monoisotopic (exact) mass is 358 g/mol. The summed E-state index contributed by atoms with van der Waals surface area (Å²) in [5.41, 5.74) is 2.77. The lowest BCUT2D eigenvalue weighted by Crippen LogP contribution is -2.05. The highest BCUT2D eigenvalue weighted by molar-refractivity contribution is 6.08. The van der Waals surface area contributed by atoms with E-state index < -0.39 is 11.9 Å². The minimum absolute atomic E-state index is 0.0909. The van der Waals surface area contributed by atoms with Crippen LogP contribution in [0.15, 0.2) is 54.6 Å². The first kappa shape index (κ1) is 16.7. The summed E-state index contributed by atoms with van der Waals surface area (Å²) in [5.74, 6) is -2.30. The Hall–Kier alpha value is -3.80. The first-order valence-electron chi connectivity index (χ1n) is 8.23. The second kappa shape index (κ2) is 6.17. The van der Waals surface area contributed by atoms with Crippen molar-refractivity contribution in [3.63, 3.8) is 0 Å². The molecule has 27 heavy (non-hydrogen) atoms. The Morgan fingerprint density at radius 1 is 0.778 bits per heavy atom. The first-order valence-corrected chi connectivity index (χ1v) is 8.23. The largest absolute Gasteiger partial charge is 0.477 e. The maximum atomic E-state index is 11.9. The van der Waals surface area contributed by atoms with E-state index in [1.807, 2.05) is 43.3 Å². The fourth-order valence-electron chi connectivity index (χ4n) is 3.18. The Morgan fingerprint density at radius 3 is 2.15 bits per heavy atom. The van der Waals surface area contributed by atoms with Gasteiger partial charge in [0, 0.05) is 16.3 Å². The number of aromatic carboxylic acids is 2. The van der Waals surface area contributed by atoms with E-state index in [1.54, 1.807) is 12.1 Å². The average molecular weight is 358 g/mol. The molecule has 132 valence electrons. The van der Waals surface area contributed by atoms with E-state index in [2.05, 4.69) is 9.97 Å². The lowest BCUT2D eigenvalue weighted by molar-refractivity contribution is 0.0680. The van der Waals surface area contributed by atoms with Crippen LogP contribution in [0.3, 0.4) is 0 Å². The average Bonchev–Trinajstić information content (AvgIpc) is 2.66. The molecule has 0 spiro atoms. The van der Waals surface area contributed by atoms with Gasteiger partial charge in [0.05, 0.1) is 11.0 Å². The normalized spacial score (nSPS) is 11.0.